The number of fused-ring (bicyclic) bond motifs is 1. The van der Waals surface area contributed by atoms with E-state index in [1.165, 1.54) is 0 Å². The molecule has 0 amide bonds. The van der Waals surface area contributed by atoms with Crippen LogP contribution >= 0.6 is 0 Å². The normalized spacial score (nSPS) is 12.4. The number of aliphatic hydroxyl groups excluding tert-OH is 1. The third-order valence-electron chi connectivity index (χ3n) is 3.64. The lowest BCUT2D eigenvalue weighted by Gasteiger charge is -2.17. The van der Waals surface area contributed by atoms with Crippen molar-refractivity contribution < 1.29 is 5.11 Å². The zero-order valence-electron chi connectivity index (χ0n) is 11.7. The van der Waals surface area contributed by atoms with Crippen LogP contribution in [0.3, 0.4) is 0 Å². The number of pyridine rings is 1. The van der Waals surface area contributed by atoms with E-state index >= 15 is 0 Å². The van der Waals surface area contributed by atoms with Crippen LogP contribution < -0.4 is 5.32 Å². The van der Waals surface area contributed by atoms with Crippen molar-refractivity contribution in [2.75, 3.05) is 6.61 Å². The predicted octanol–water partition coefficient (Wildman–Crippen LogP) is 3.06. The Labute approximate surface area is 124 Å². The van der Waals surface area contributed by atoms with Gasteiger partial charge in [0, 0.05) is 18.1 Å². The molecule has 106 valence electrons. The van der Waals surface area contributed by atoms with Crippen LogP contribution in [0.2, 0.25) is 0 Å². The Morgan fingerprint density at radius 3 is 2.57 bits per heavy atom. The minimum absolute atomic E-state index is 0.0647. The van der Waals surface area contributed by atoms with Gasteiger partial charge in [-0.05, 0) is 17.2 Å². The van der Waals surface area contributed by atoms with Crippen LogP contribution in [-0.2, 0) is 6.54 Å². The van der Waals surface area contributed by atoms with Gasteiger partial charge in [0.25, 0.3) is 0 Å². The molecule has 2 N–H and O–H groups in total. The predicted molar refractivity (Wildman–Crippen MR) is 84.9 cm³/mol. The summed E-state index contributed by atoms with van der Waals surface area (Å²) in [4.78, 5) is 4.46. The first-order chi connectivity index (χ1) is 10.4. The van der Waals surface area contributed by atoms with E-state index in [0.29, 0.717) is 6.54 Å². The van der Waals surface area contributed by atoms with Gasteiger partial charge in [-0.3, -0.25) is 4.98 Å². The van der Waals surface area contributed by atoms with Crippen molar-refractivity contribution in [3.63, 3.8) is 0 Å². The van der Waals surface area contributed by atoms with Gasteiger partial charge in [-0.25, -0.2) is 0 Å². The topological polar surface area (TPSA) is 45.1 Å². The molecule has 3 heteroatoms. The van der Waals surface area contributed by atoms with E-state index in [-0.39, 0.29) is 12.6 Å². The zero-order chi connectivity index (χ0) is 14.5. The maximum Gasteiger partial charge on any atom is 0.0746 e. The first-order valence-electron chi connectivity index (χ1n) is 7.10. The monoisotopic (exact) mass is 278 g/mol. The summed E-state index contributed by atoms with van der Waals surface area (Å²) < 4.78 is 0. The van der Waals surface area contributed by atoms with E-state index < -0.39 is 0 Å². The van der Waals surface area contributed by atoms with Gasteiger partial charge in [-0.2, -0.15) is 0 Å². The van der Waals surface area contributed by atoms with Crippen molar-refractivity contribution in [3.05, 3.63) is 78.0 Å². The number of aliphatic hydroxyl groups is 1. The van der Waals surface area contributed by atoms with Crippen molar-refractivity contribution in [1.29, 1.82) is 0 Å². The standard InChI is InChI=1S/C18H18N2O/c21-13-17(14-6-2-1-3-7-14)20-12-16-9-4-8-15-10-5-11-19-18(15)16/h1-11,17,20-21H,12-13H2. The van der Waals surface area contributed by atoms with Gasteiger partial charge in [0.05, 0.1) is 18.2 Å². The van der Waals surface area contributed by atoms with E-state index in [1.807, 2.05) is 48.7 Å². The quantitative estimate of drug-likeness (QED) is 0.754. The summed E-state index contributed by atoms with van der Waals surface area (Å²) in [6, 6.07) is 20.1. The highest BCUT2D eigenvalue weighted by molar-refractivity contribution is 5.81. The Balaban J connectivity index is 1.79. The van der Waals surface area contributed by atoms with Crippen LogP contribution in [0.1, 0.15) is 17.2 Å². The largest absolute Gasteiger partial charge is 0.394 e. The molecule has 3 rings (SSSR count). The Hall–Kier alpha value is -2.23. The number of benzene rings is 2. The molecular formula is C18H18N2O. The number of nitrogens with zero attached hydrogens (tertiary/aromatic N) is 1. The van der Waals surface area contributed by atoms with Crippen LogP contribution in [0, 0.1) is 0 Å². The van der Waals surface area contributed by atoms with Gasteiger partial charge in [0.1, 0.15) is 0 Å². The molecule has 21 heavy (non-hydrogen) atoms. The van der Waals surface area contributed by atoms with Crippen molar-refractivity contribution in [1.82, 2.24) is 10.3 Å². The highest BCUT2D eigenvalue weighted by Gasteiger charge is 2.10. The lowest BCUT2D eigenvalue weighted by Crippen LogP contribution is -2.24. The lowest BCUT2D eigenvalue weighted by atomic mass is 10.1. The fourth-order valence-electron chi connectivity index (χ4n) is 2.52. The fraction of sp³-hybridized carbons (Fsp3) is 0.167. The average Bonchev–Trinajstić information content (AvgIpc) is 2.56. The van der Waals surface area contributed by atoms with E-state index in [0.717, 1.165) is 22.0 Å². The second kappa shape index (κ2) is 6.48. The molecule has 0 fully saturated rings. The van der Waals surface area contributed by atoms with Crippen molar-refractivity contribution in [2.24, 2.45) is 0 Å². The fourth-order valence-corrected chi connectivity index (χ4v) is 2.52. The summed E-state index contributed by atoms with van der Waals surface area (Å²) >= 11 is 0. The van der Waals surface area contributed by atoms with Gasteiger partial charge < -0.3 is 10.4 Å². The van der Waals surface area contributed by atoms with Gasteiger partial charge in [-0.1, -0.05) is 54.6 Å². The zero-order valence-corrected chi connectivity index (χ0v) is 11.7. The molecule has 2 aromatic carbocycles. The maximum absolute atomic E-state index is 9.59. The van der Waals surface area contributed by atoms with Crippen LogP contribution in [0.25, 0.3) is 10.9 Å². The highest BCUT2D eigenvalue weighted by atomic mass is 16.3. The van der Waals surface area contributed by atoms with Crippen LogP contribution in [-0.4, -0.2) is 16.7 Å². The summed E-state index contributed by atoms with van der Waals surface area (Å²) in [7, 11) is 0. The number of nitrogens with one attached hydrogen (secondary N) is 1. The molecule has 0 bridgehead atoms. The molecule has 0 aliphatic rings. The van der Waals surface area contributed by atoms with E-state index in [4.69, 9.17) is 0 Å². The molecule has 0 saturated heterocycles. The second-order valence-corrected chi connectivity index (χ2v) is 5.02. The lowest BCUT2D eigenvalue weighted by molar-refractivity contribution is 0.244. The summed E-state index contributed by atoms with van der Waals surface area (Å²) in [5, 5.41) is 14.1. The molecule has 0 saturated carbocycles. The minimum Gasteiger partial charge on any atom is -0.394 e. The molecule has 0 spiro atoms. The Morgan fingerprint density at radius 1 is 0.952 bits per heavy atom. The second-order valence-electron chi connectivity index (χ2n) is 5.02. The Morgan fingerprint density at radius 2 is 1.76 bits per heavy atom. The molecular weight excluding hydrogens is 260 g/mol. The van der Waals surface area contributed by atoms with Crippen molar-refractivity contribution in [3.8, 4) is 0 Å². The Kier molecular flexibility index (Phi) is 4.24. The molecule has 1 atom stereocenters. The van der Waals surface area contributed by atoms with Crippen molar-refractivity contribution >= 4 is 10.9 Å². The number of hydrogen-bond donors (Lipinski definition) is 2. The van der Waals surface area contributed by atoms with Crippen LogP contribution in [0.4, 0.5) is 0 Å². The molecule has 1 heterocycles. The minimum atomic E-state index is -0.0647. The molecule has 3 aromatic rings. The molecule has 1 unspecified atom stereocenters. The van der Waals surface area contributed by atoms with Gasteiger partial charge >= 0.3 is 0 Å². The van der Waals surface area contributed by atoms with E-state index in [1.54, 1.807) is 0 Å². The van der Waals surface area contributed by atoms with Gasteiger partial charge in [0.2, 0.25) is 0 Å². The van der Waals surface area contributed by atoms with E-state index in [2.05, 4.69) is 28.5 Å². The van der Waals surface area contributed by atoms with Crippen molar-refractivity contribution in [2.45, 2.75) is 12.6 Å². The van der Waals surface area contributed by atoms with Gasteiger partial charge in [0.15, 0.2) is 0 Å². The number of aromatic nitrogens is 1. The summed E-state index contributed by atoms with van der Waals surface area (Å²) in [6.07, 6.45) is 1.81. The molecule has 0 radical (unpaired) electrons. The summed E-state index contributed by atoms with van der Waals surface area (Å²) in [6.45, 7) is 0.747. The molecule has 3 nitrogen and oxygen atoms in total. The Bertz CT molecular complexity index is 707. The first-order valence-corrected chi connectivity index (χ1v) is 7.10. The third-order valence-corrected chi connectivity index (χ3v) is 3.64. The SMILES string of the molecule is OCC(NCc1cccc2cccnc12)c1ccccc1. The smallest absolute Gasteiger partial charge is 0.0746 e. The molecule has 0 aliphatic carbocycles. The molecule has 1 aromatic heterocycles. The first kappa shape index (κ1) is 13.7. The third kappa shape index (κ3) is 3.10. The molecule has 0 aliphatic heterocycles. The highest BCUT2D eigenvalue weighted by Crippen LogP contribution is 2.18. The summed E-state index contributed by atoms with van der Waals surface area (Å²) in [5.41, 5.74) is 3.24. The summed E-state index contributed by atoms with van der Waals surface area (Å²) in [5.74, 6) is 0. The van der Waals surface area contributed by atoms with Gasteiger partial charge in [-0.15, -0.1) is 0 Å². The number of para-hydroxylation sites is 1. The number of rotatable bonds is 5. The number of hydrogen-bond acceptors (Lipinski definition) is 3. The van der Waals surface area contributed by atoms with E-state index in [9.17, 15) is 5.11 Å². The van der Waals surface area contributed by atoms with Crippen LogP contribution in [0.5, 0.6) is 0 Å². The van der Waals surface area contributed by atoms with Crippen LogP contribution in [0.15, 0.2) is 66.9 Å². The average molecular weight is 278 g/mol. The maximum atomic E-state index is 9.59.